The predicted octanol–water partition coefficient (Wildman–Crippen LogP) is 9.08. The van der Waals surface area contributed by atoms with E-state index >= 15 is 0 Å². The van der Waals surface area contributed by atoms with Gasteiger partial charge in [0.25, 0.3) is 0 Å². The second kappa shape index (κ2) is 9.29. The lowest BCUT2D eigenvalue weighted by Crippen LogP contribution is -2.00. The third kappa shape index (κ3) is 3.58. The van der Waals surface area contributed by atoms with Gasteiger partial charge in [0, 0.05) is 56.2 Å². The van der Waals surface area contributed by atoms with Gasteiger partial charge in [0.1, 0.15) is 0 Å². The maximum absolute atomic E-state index is 5.28. The van der Waals surface area contributed by atoms with Crippen LogP contribution in [0.15, 0.2) is 140 Å². The zero-order chi connectivity index (χ0) is 28.3. The highest BCUT2D eigenvalue weighted by molar-refractivity contribution is 6.24. The van der Waals surface area contributed by atoms with Crippen molar-refractivity contribution in [2.45, 2.75) is 0 Å². The molecule has 0 aliphatic heterocycles. The molecular formula is C38H23N5. The van der Waals surface area contributed by atoms with E-state index in [0.29, 0.717) is 5.82 Å². The highest BCUT2D eigenvalue weighted by Crippen LogP contribution is 2.45. The Balaban J connectivity index is 1.46. The Labute approximate surface area is 247 Å². The van der Waals surface area contributed by atoms with Crippen molar-refractivity contribution in [2.75, 3.05) is 0 Å². The number of nitrogens with zero attached hydrogens (tertiary/aromatic N) is 5. The molecule has 5 heteroatoms. The molecule has 0 radical (unpaired) electrons. The van der Waals surface area contributed by atoms with Gasteiger partial charge in [-0.25, -0.2) is 9.97 Å². The van der Waals surface area contributed by atoms with E-state index in [2.05, 4.69) is 99.3 Å². The molecule has 5 heterocycles. The lowest BCUT2D eigenvalue weighted by Gasteiger charge is -2.17. The lowest BCUT2D eigenvalue weighted by atomic mass is 9.92. The molecule has 200 valence electrons. The molecule has 9 aromatic rings. The highest BCUT2D eigenvalue weighted by Gasteiger charge is 2.24. The van der Waals surface area contributed by atoms with Crippen LogP contribution >= 0.6 is 0 Å². The van der Waals surface area contributed by atoms with Gasteiger partial charge in [-0.1, -0.05) is 91.0 Å². The van der Waals surface area contributed by atoms with Crippen LogP contribution in [0.3, 0.4) is 0 Å². The van der Waals surface area contributed by atoms with E-state index in [-0.39, 0.29) is 0 Å². The molecular weight excluding hydrogens is 526 g/mol. The number of pyridine rings is 2. The number of benzene rings is 4. The molecule has 0 bridgehead atoms. The summed E-state index contributed by atoms with van der Waals surface area (Å²) >= 11 is 0. The monoisotopic (exact) mass is 549 g/mol. The van der Waals surface area contributed by atoms with Crippen LogP contribution in [-0.2, 0) is 0 Å². The molecule has 43 heavy (non-hydrogen) atoms. The zero-order valence-corrected chi connectivity index (χ0v) is 23.0. The topological polar surface area (TPSA) is 56.0 Å². The fourth-order valence-electron chi connectivity index (χ4n) is 6.45. The van der Waals surface area contributed by atoms with E-state index in [0.717, 1.165) is 61.0 Å². The van der Waals surface area contributed by atoms with Crippen LogP contribution in [-0.4, -0.2) is 24.3 Å². The van der Waals surface area contributed by atoms with Gasteiger partial charge in [-0.05, 0) is 29.8 Å². The Morgan fingerprint density at radius 2 is 0.907 bits per heavy atom. The molecule has 0 amide bonds. The number of rotatable bonds is 4. The second-order valence-electron chi connectivity index (χ2n) is 10.8. The first-order valence-electron chi connectivity index (χ1n) is 14.3. The van der Waals surface area contributed by atoms with Crippen molar-refractivity contribution < 1.29 is 0 Å². The fourth-order valence-corrected chi connectivity index (χ4v) is 6.45. The van der Waals surface area contributed by atoms with Crippen LogP contribution in [0.5, 0.6) is 0 Å². The molecule has 4 aromatic carbocycles. The Bertz CT molecular complexity index is 2290. The van der Waals surface area contributed by atoms with Crippen molar-refractivity contribution in [3.8, 4) is 45.0 Å². The molecule has 5 nitrogen and oxygen atoms in total. The van der Waals surface area contributed by atoms with E-state index in [4.69, 9.17) is 9.97 Å². The molecule has 5 aromatic heterocycles. The Kier molecular flexibility index (Phi) is 5.13. The summed E-state index contributed by atoms with van der Waals surface area (Å²) in [5, 5.41) is 4.66. The number of hydrogen-bond donors (Lipinski definition) is 0. The number of hydrogen-bond acceptors (Lipinski definition) is 4. The van der Waals surface area contributed by atoms with Crippen LogP contribution in [0.4, 0.5) is 0 Å². The van der Waals surface area contributed by atoms with Crippen molar-refractivity contribution in [1.29, 1.82) is 0 Å². The molecule has 0 spiro atoms. The SMILES string of the molecule is c1ccc(-c2nc(-c3ccccc3)c(-c3cc4c5ccncc5n5c6cnccc6c(c3)c45)c(-c3ccccc3)n2)cc1. The maximum atomic E-state index is 5.28. The molecule has 0 saturated heterocycles. The molecule has 0 aliphatic rings. The average Bonchev–Trinajstić information content (AvgIpc) is 3.61. The van der Waals surface area contributed by atoms with Crippen LogP contribution in [0.1, 0.15) is 0 Å². The summed E-state index contributed by atoms with van der Waals surface area (Å²) in [6, 6.07) is 39.9. The fraction of sp³-hybridized carbons (Fsp3) is 0. The molecule has 0 aliphatic carbocycles. The zero-order valence-electron chi connectivity index (χ0n) is 23.0. The number of aromatic nitrogens is 5. The minimum absolute atomic E-state index is 0.701. The van der Waals surface area contributed by atoms with Crippen molar-refractivity contribution >= 4 is 38.1 Å². The molecule has 0 unspecified atom stereocenters. The second-order valence-corrected chi connectivity index (χ2v) is 10.8. The first-order valence-corrected chi connectivity index (χ1v) is 14.3. The highest BCUT2D eigenvalue weighted by atomic mass is 14.9. The first kappa shape index (κ1) is 23.7. The summed E-state index contributed by atoms with van der Waals surface area (Å²) in [5.74, 6) is 0.701. The first-order chi connectivity index (χ1) is 21.3. The van der Waals surface area contributed by atoms with Gasteiger partial charge in [-0.3, -0.25) is 9.97 Å². The molecule has 0 saturated carbocycles. The Hall–Kier alpha value is -5.94. The van der Waals surface area contributed by atoms with Gasteiger partial charge in [0.15, 0.2) is 5.82 Å². The maximum Gasteiger partial charge on any atom is 0.160 e. The van der Waals surface area contributed by atoms with E-state index in [1.807, 2.05) is 55.1 Å². The van der Waals surface area contributed by atoms with Crippen LogP contribution in [0.25, 0.3) is 83.1 Å². The van der Waals surface area contributed by atoms with Crippen LogP contribution < -0.4 is 0 Å². The summed E-state index contributed by atoms with van der Waals surface area (Å²) in [6.45, 7) is 0. The normalized spacial score (nSPS) is 11.7. The summed E-state index contributed by atoms with van der Waals surface area (Å²) in [7, 11) is 0. The smallest absolute Gasteiger partial charge is 0.160 e. The van der Waals surface area contributed by atoms with Crippen LogP contribution in [0, 0.1) is 0 Å². The van der Waals surface area contributed by atoms with Crippen molar-refractivity contribution in [3.05, 3.63) is 140 Å². The predicted molar refractivity (Wildman–Crippen MR) is 174 cm³/mol. The van der Waals surface area contributed by atoms with Crippen LogP contribution in [0.2, 0.25) is 0 Å². The quantitative estimate of drug-likeness (QED) is 0.220. The van der Waals surface area contributed by atoms with Crippen molar-refractivity contribution in [1.82, 2.24) is 24.3 Å². The van der Waals surface area contributed by atoms with Crippen molar-refractivity contribution in [2.24, 2.45) is 0 Å². The minimum Gasteiger partial charge on any atom is -0.305 e. The van der Waals surface area contributed by atoms with E-state index < -0.39 is 0 Å². The third-order valence-electron chi connectivity index (χ3n) is 8.32. The largest absolute Gasteiger partial charge is 0.305 e. The summed E-state index contributed by atoms with van der Waals surface area (Å²) < 4.78 is 2.30. The molecule has 9 rings (SSSR count). The van der Waals surface area contributed by atoms with E-state index in [1.165, 1.54) is 16.3 Å². The summed E-state index contributed by atoms with van der Waals surface area (Å²) in [6.07, 6.45) is 7.63. The van der Waals surface area contributed by atoms with Gasteiger partial charge < -0.3 is 4.40 Å². The van der Waals surface area contributed by atoms with Gasteiger partial charge in [-0.15, -0.1) is 0 Å². The average molecular weight is 550 g/mol. The minimum atomic E-state index is 0.701. The van der Waals surface area contributed by atoms with Gasteiger partial charge in [0.2, 0.25) is 0 Å². The van der Waals surface area contributed by atoms with E-state index in [1.54, 1.807) is 0 Å². The van der Waals surface area contributed by atoms with Gasteiger partial charge in [-0.2, -0.15) is 0 Å². The summed E-state index contributed by atoms with van der Waals surface area (Å²) in [4.78, 5) is 19.5. The van der Waals surface area contributed by atoms with Gasteiger partial charge in [0.05, 0.1) is 40.3 Å². The number of fused-ring (bicyclic) bond motifs is 6. The third-order valence-corrected chi connectivity index (χ3v) is 8.32. The van der Waals surface area contributed by atoms with E-state index in [9.17, 15) is 0 Å². The van der Waals surface area contributed by atoms with Crippen molar-refractivity contribution in [3.63, 3.8) is 0 Å². The lowest BCUT2D eigenvalue weighted by molar-refractivity contribution is 1.18. The van der Waals surface area contributed by atoms with Gasteiger partial charge >= 0.3 is 0 Å². The molecule has 0 atom stereocenters. The molecule has 0 fully saturated rings. The summed E-state index contributed by atoms with van der Waals surface area (Å²) in [5.41, 5.74) is 10.3. The standard InChI is InChI=1S/C38H23N5/c1-4-10-24(11-5-1)35-34(36(25-12-6-2-7-13-25)42-38(41-35)26-14-8-3-9-15-26)27-20-30-28-16-18-39-22-32(28)43-33-23-40-19-17-29(33)31(21-27)37(30)43/h1-23H. The molecule has 0 N–H and O–H groups in total. The Morgan fingerprint density at radius 3 is 1.40 bits per heavy atom. The Morgan fingerprint density at radius 1 is 0.442 bits per heavy atom.